The molecule has 0 amide bonds. The molecule has 0 spiro atoms. The van der Waals surface area contributed by atoms with E-state index in [4.69, 9.17) is 0 Å². The van der Waals surface area contributed by atoms with Gasteiger partial charge in [0.1, 0.15) is 0 Å². The number of thiophene rings is 1. The van der Waals surface area contributed by atoms with Crippen molar-refractivity contribution < 1.29 is 0 Å². The first-order valence-electron chi connectivity index (χ1n) is 20.6. The summed E-state index contributed by atoms with van der Waals surface area (Å²) in [6.45, 7) is 0. The van der Waals surface area contributed by atoms with Crippen molar-refractivity contribution in [1.82, 2.24) is 0 Å². The second-order valence-electron chi connectivity index (χ2n) is 15.6. The average molecular weight is 780 g/mol. The van der Waals surface area contributed by atoms with Crippen LogP contribution >= 0.6 is 11.3 Å². The highest BCUT2D eigenvalue weighted by molar-refractivity contribution is 7.25. The molecule has 1 aromatic heterocycles. The van der Waals surface area contributed by atoms with E-state index < -0.39 is 0 Å². The minimum atomic E-state index is 1.11. The van der Waals surface area contributed by atoms with Gasteiger partial charge < -0.3 is 4.90 Å². The Morgan fingerprint density at radius 3 is 1.57 bits per heavy atom. The van der Waals surface area contributed by atoms with Crippen molar-refractivity contribution in [2.75, 3.05) is 4.90 Å². The number of benzene rings is 11. The number of hydrogen-bond acceptors (Lipinski definition) is 2. The van der Waals surface area contributed by atoms with Gasteiger partial charge >= 0.3 is 0 Å². The molecule has 60 heavy (non-hydrogen) atoms. The van der Waals surface area contributed by atoms with E-state index in [9.17, 15) is 0 Å². The maximum absolute atomic E-state index is 2.43. The highest BCUT2D eigenvalue weighted by Crippen LogP contribution is 2.47. The summed E-state index contributed by atoms with van der Waals surface area (Å²) in [6, 6.07) is 82.6. The monoisotopic (exact) mass is 779 g/mol. The minimum Gasteiger partial charge on any atom is -0.310 e. The Morgan fingerprint density at radius 2 is 0.767 bits per heavy atom. The molecule has 0 aliphatic heterocycles. The molecule has 280 valence electrons. The molecule has 0 N–H and O–H groups in total. The topological polar surface area (TPSA) is 3.24 Å². The summed E-state index contributed by atoms with van der Waals surface area (Å²) in [5, 5.41) is 12.6. The van der Waals surface area contributed by atoms with Gasteiger partial charge in [-0.3, -0.25) is 0 Å². The maximum Gasteiger partial charge on any atom is 0.0476 e. The number of fused-ring (bicyclic) bond motifs is 9. The van der Waals surface area contributed by atoms with Crippen LogP contribution in [0.4, 0.5) is 17.1 Å². The lowest BCUT2D eigenvalue weighted by Gasteiger charge is -2.26. The van der Waals surface area contributed by atoms with Crippen LogP contribution in [-0.2, 0) is 0 Å². The van der Waals surface area contributed by atoms with Gasteiger partial charge in [0.15, 0.2) is 0 Å². The van der Waals surface area contributed by atoms with E-state index in [1.165, 1.54) is 96.6 Å². The number of hydrogen-bond donors (Lipinski definition) is 0. The minimum absolute atomic E-state index is 1.11. The standard InChI is InChI=1S/C58H37NS/c1-3-15-39(16-4-1)57-53-24-10-9-22-49(53)50-31-28-42(36-54(50)58(57)40-17-5-2-6-18-40)41-19-13-20-44(34-41)59(46-30-33-52-51-23-11-12-25-55(51)60-56(52)37-46)45-29-32-48-43(35-45)27-26-38-14-7-8-21-47(38)48/h1-37H. The first kappa shape index (κ1) is 34.5. The highest BCUT2D eigenvalue weighted by atomic mass is 32.1. The lowest BCUT2D eigenvalue weighted by atomic mass is 9.84. The lowest BCUT2D eigenvalue weighted by Crippen LogP contribution is -2.10. The van der Waals surface area contributed by atoms with Gasteiger partial charge in [-0.15, -0.1) is 11.3 Å². The fourth-order valence-corrected chi connectivity index (χ4v) is 10.6. The predicted molar refractivity (Wildman–Crippen MR) is 260 cm³/mol. The molecular formula is C58H37NS. The molecule has 2 heteroatoms. The summed E-state index contributed by atoms with van der Waals surface area (Å²) in [5.74, 6) is 0. The molecule has 0 aliphatic rings. The first-order valence-corrected chi connectivity index (χ1v) is 21.4. The number of nitrogens with zero attached hydrogens (tertiary/aromatic N) is 1. The fourth-order valence-electron chi connectivity index (χ4n) is 9.45. The van der Waals surface area contributed by atoms with Crippen LogP contribution in [0.3, 0.4) is 0 Å². The third kappa shape index (κ3) is 5.68. The van der Waals surface area contributed by atoms with E-state index in [0.29, 0.717) is 0 Å². The molecule has 0 bridgehead atoms. The molecule has 0 unspecified atom stereocenters. The quantitative estimate of drug-likeness (QED) is 0.152. The van der Waals surface area contributed by atoms with Crippen molar-refractivity contribution in [2.24, 2.45) is 0 Å². The molecule has 11 aromatic carbocycles. The van der Waals surface area contributed by atoms with E-state index in [1.807, 2.05) is 11.3 Å². The number of rotatable bonds is 6. The summed E-state index contributed by atoms with van der Waals surface area (Å²) in [6.07, 6.45) is 0. The zero-order valence-electron chi connectivity index (χ0n) is 32.7. The maximum atomic E-state index is 2.43. The first-order chi connectivity index (χ1) is 29.7. The number of anilines is 3. The predicted octanol–water partition coefficient (Wildman–Crippen LogP) is 17.1. The van der Waals surface area contributed by atoms with Crippen LogP contribution in [0.1, 0.15) is 0 Å². The van der Waals surface area contributed by atoms with Crippen molar-refractivity contribution in [3.8, 4) is 33.4 Å². The molecule has 1 nitrogen and oxygen atoms in total. The second-order valence-corrected chi connectivity index (χ2v) is 16.7. The van der Waals surface area contributed by atoms with Crippen molar-refractivity contribution in [3.05, 3.63) is 224 Å². The third-order valence-electron chi connectivity index (χ3n) is 12.2. The average Bonchev–Trinajstić information content (AvgIpc) is 3.69. The SMILES string of the molecule is c1ccc(-c2c(-c3ccccc3)c3cc(-c4cccc(N(c5ccc6c(ccc7ccccc76)c5)c5ccc6c(c5)sc5ccccc56)c4)ccc3c3ccccc23)cc1. The highest BCUT2D eigenvalue weighted by Gasteiger charge is 2.20. The van der Waals surface area contributed by atoms with Gasteiger partial charge in [0.25, 0.3) is 0 Å². The molecule has 0 fully saturated rings. The molecule has 12 aromatic rings. The smallest absolute Gasteiger partial charge is 0.0476 e. The molecule has 0 radical (unpaired) electrons. The lowest BCUT2D eigenvalue weighted by molar-refractivity contribution is 1.30. The van der Waals surface area contributed by atoms with Crippen LogP contribution in [0.5, 0.6) is 0 Å². The molecule has 0 saturated carbocycles. The van der Waals surface area contributed by atoms with Gasteiger partial charge in [-0.25, -0.2) is 0 Å². The van der Waals surface area contributed by atoms with Crippen molar-refractivity contribution in [1.29, 1.82) is 0 Å². The van der Waals surface area contributed by atoms with Crippen LogP contribution in [0.2, 0.25) is 0 Å². The fraction of sp³-hybridized carbons (Fsp3) is 0. The third-order valence-corrected chi connectivity index (χ3v) is 13.3. The summed E-state index contributed by atoms with van der Waals surface area (Å²) in [5.41, 5.74) is 10.7. The molecule has 0 atom stereocenters. The zero-order chi connectivity index (χ0) is 39.6. The largest absolute Gasteiger partial charge is 0.310 e. The Balaban J connectivity index is 1.07. The van der Waals surface area contributed by atoms with E-state index in [1.54, 1.807) is 0 Å². The van der Waals surface area contributed by atoms with Gasteiger partial charge in [-0.1, -0.05) is 176 Å². The van der Waals surface area contributed by atoms with Crippen molar-refractivity contribution in [3.63, 3.8) is 0 Å². The van der Waals surface area contributed by atoms with Crippen LogP contribution in [0.25, 0.3) is 96.6 Å². The summed E-state index contributed by atoms with van der Waals surface area (Å²) in [4.78, 5) is 2.43. The Kier molecular flexibility index (Phi) is 8.11. The van der Waals surface area contributed by atoms with E-state index >= 15 is 0 Å². The van der Waals surface area contributed by atoms with E-state index in [0.717, 1.165) is 17.1 Å². The van der Waals surface area contributed by atoms with Crippen LogP contribution in [0, 0.1) is 0 Å². The van der Waals surface area contributed by atoms with Gasteiger partial charge in [0.2, 0.25) is 0 Å². The molecule has 1 heterocycles. The summed E-state index contributed by atoms with van der Waals surface area (Å²) >= 11 is 1.86. The van der Waals surface area contributed by atoms with Gasteiger partial charge in [0.05, 0.1) is 0 Å². The van der Waals surface area contributed by atoms with Gasteiger partial charge in [-0.2, -0.15) is 0 Å². The van der Waals surface area contributed by atoms with Crippen molar-refractivity contribution >= 4 is 91.7 Å². The molecule has 0 saturated heterocycles. The molecular weight excluding hydrogens is 743 g/mol. The van der Waals surface area contributed by atoms with E-state index in [-0.39, 0.29) is 0 Å². The van der Waals surface area contributed by atoms with Gasteiger partial charge in [-0.05, 0) is 125 Å². The summed E-state index contributed by atoms with van der Waals surface area (Å²) in [7, 11) is 0. The molecule has 12 rings (SSSR count). The normalized spacial score (nSPS) is 11.7. The molecule has 0 aliphatic carbocycles. The van der Waals surface area contributed by atoms with Crippen LogP contribution in [-0.4, -0.2) is 0 Å². The van der Waals surface area contributed by atoms with Crippen LogP contribution in [0.15, 0.2) is 224 Å². The Morgan fingerprint density at radius 1 is 0.250 bits per heavy atom. The van der Waals surface area contributed by atoms with Gasteiger partial charge in [0, 0.05) is 37.2 Å². The van der Waals surface area contributed by atoms with E-state index in [2.05, 4.69) is 229 Å². The van der Waals surface area contributed by atoms with Crippen molar-refractivity contribution in [2.45, 2.75) is 0 Å². The summed E-state index contributed by atoms with van der Waals surface area (Å²) < 4.78 is 2.59. The van der Waals surface area contributed by atoms with Crippen LogP contribution < -0.4 is 4.90 Å². The Bertz CT molecular complexity index is 3600. The Labute approximate surface area is 352 Å². The second kappa shape index (κ2) is 14.1. The zero-order valence-corrected chi connectivity index (χ0v) is 33.5. The Hall–Kier alpha value is -7.52.